The number of hydrogen-bond donors (Lipinski definition) is 5. The van der Waals surface area contributed by atoms with Gasteiger partial charge in [0.2, 0.25) is 0 Å². The zero-order valence-electron chi connectivity index (χ0n) is 18.1. The summed E-state index contributed by atoms with van der Waals surface area (Å²) in [5.74, 6) is 3.84. The van der Waals surface area contributed by atoms with Gasteiger partial charge in [-0.25, -0.2) is 9.59 Å². The molecule has 1 aromatic heterocycles. The summed E-state index contributed by atoms with van der Waals surface area (Å²) in [7, 11) is 0. The van der Waals surface area contributed by atoms with E-state index in [0.29, 0.717) is 12.2 Å². The Morgan fingerprint density at radius 1 is 1.06 bits per heavy atom. The molecule has 8 heteroatoms. The third-order valence-electron chi connectivity index (χ3n) is 4.31. The van der Waals surface area contributed by atoms with E-state index < -0.39 is 24.1 Å². The van der Waals surface area contributed by atoms with Crippen molar-refractivity contribution in [2.75, 3.05) is 6.61 Å². The van der Waals surface area contributed by atoms with Crippen molar-refractivity contribution >= 4 is 23.3 Å². The predicted molar refractivity (Wildman–Crippen MR) is 123 cm³/mol. The van der Waals surface area contributed by atoms with Crippen LogP contribution in [0.5, 0.6) is 0 Å². The average Bonchev–Trinajstić information content (AvgIpc) is 3.21. The molecule has 31 heavy (non-hydrogen) atoms. The van der Waals surface area contributed by atoms with Crippen LogP contribution in [0.15, 0.2) is 23.6 Å². The maximum atomic E-state index is 9.92. The van der Waals surface area contributed by atoms with Gasteiger partial charge in [-0.2, -0.15) is 0 Å². The van der Waals surface area contributed by atoms with Crippen LogP contribution in [0.4, 0.5) is 0 Å². The summed E-state index contributed by atoms with van der Waals surface area (Å²) in [6.45, 7) is 2.02. The fraction of sp³-hybridized carbons (Fsp3) is 0.565. The number of thiophene rings is 1. The van der Waals surface area contributed by atoms with Crippen molar-refractivity contribution in [3.8, 4) is 11.8 Å². The Labute approximate surface area is 188 Å². The predicted octanol–water partition coefficient (Wildman–Crippen LogP) is 3.70. The van der Waals surface area contributed by atoms with Crippen LogP contribution in [0.2, 0.25) is 0 Å². The van der Waals surface area contributed by atoms with Gasteiger partial charge >= 0.3 is 11.9 Å². The number of rotatable bonds is 13. The molecule has 0 aromatic carbocycles. The lowest BCUT2D eigenvalue weighted by Gasteiger charge is -2.14. The molecule has 0 aliphatic heterocycles. The second-order valence-corrected chi connectivity index (χ2v) is 7.98. The van der Waals surface area contributed by atoms with Crippen LogP contribution >= 0.6 is 11.3 Å². The molecule has 6 N–H and O–H groups in total. The SMILES string of the molecule is CCCCCCCCCCC#Cc1cc(C(O)C(N)CO)cs1.O=C(O)/C=C\C(=O)O. The zero-order valence-corrected chi connectivity index (χ0v) is 18.9. The van der Waals surface area contributed by atoms with Crippen LogP contribution in [0.1, 0.15) is 81.3 Å². The number of aliphatic hydroxyl groups is 2. The zero-order chi connectivity index (χ0) is 23.5. The molecule has 2 unspecified atom stereocenters. The van der Waals surface area contributed by atoms with Crippen LogP contribution < -0.4 is 5.73 Å². The normalized spacial score (nSPS) is 12.4. The number of carboxylic acid groups (broad SMARTS) is 2. The molecule has 0 fully saturated rings. The molecule has 0 amide bonds. The number of carboxylic acids is 2. The van der Waals surface area contributed by atoms with E-state index in [0.717, 1.165) is 23.3 Å². The molecular weight excluding hydrogens is 418 g/mol. The third-order valence-corrected chi connectivity index (χ3v) is 5.18. The Hall–Kier alpha value is -2.18. The van der Waals surface area contributed by atoms with E-state index in [9.17, 15) is 14.7 Å². The van der Waals surface area contributed by atoms with Gasteiger partial charge in [-0.15, -0.1) is 11.3 Å². The minimum Gasteiger partial charge on any atom is -0.478 e. The molecular formula is C23H35NO6S. The van der Waals surface area contributed by atoms with Crippen molar-refractivity contribution in [2.45, 2.75) is 76.9 Å². The molecule has 0 saturated carbocycles. The number of unbranched alkanes of at least 4 members (excludes halogenated alkanes) is 8. The Kier molecular flexibility index (Phi) is 17.3. The van der Waals surface area contributed by atoms with Crippen LogP contribution in [-0.4, -0.2) is 45.0 Å². The minimum absolute atomic E-state index is 0.226. The molecule has 0 radical (unpaired) electrons. The third kappa shape index (κ3) is 16.2. The highest BCUT2D eigenvalue weighted by molar-refractivity contribution is 7.10. The number of hydrogen-bond acceptors (Lipinski definition) is 6. The molecule has 0 spiro atoms. The summed E-state index contributed by atoms with van der Waals surface area (Å²) in [5.41, 5.74) is 6.38. The molecule has 1 aromatic rings. The largest absolute Gasteiger partial charge is 0.478 e. The minimum atomic E-state index is -1.26. The van der Waals surface area contributed by atoms with Crippen LogP contribution in [0, 0.1) is 11.8 Å². The van der Waals surface area contributed by atoms with Crippen LogP contribution in [0.3, 0.4) is 0 Å². The topological polar surface area (TPSA) is 141 Å². The quantitative estimate of drug-likeness (QED) is 0.174. The van der Waals surface area contributed by atoms with Gasteiger partial charge in [0.25, 0.3) is 0 Å². The fourth-order valence-electron chi connectivity index (χ4n) is 2.56. The van der Waals surface area contributed by atoms with E-state index in [4.69, 9.17) is 21.1 Å². The molecule has 0 aliphatic carbocycles. The Balaban J connectivity index is 0.000000954. The van der Waals surface area contributed by atoms with E-state index in [1.165, 1.54) is 56.3 Å². The summed E-state index contributed by atoms with van der Waals surface area (Å²) >= 11 is 1.51. The summed E-state index contributed by atoms with van der Waals surface area (Å²) in [5, 5.41) is 36.4. The van der Waals surface area contributed by atoms with E-state index >= 15 is 0 Å². The molecule has 7 nitrogen and oxygen atoms in total. The summed E-state index contributed by atoms with van der Waals surface area (Å²) in [4.78, 5) is 20.1. The lowest BCUT2D eigenvalue weighted by atomic mass is 10.1. The van der Waals surface area contributed by atoms with Crippen LogP contribution in [-0.2, 0) is 9.59 Å². The van der Waals surface area contributed by atoms with Gasteiger partial charge in [0.15, 0.2) is 0 Å². The lowest BCUT2D eigenvalue weighted by Crippen LogP contribution is -2.31. The van der Waals surface area contributed by atoms with Crippen molar-refractivity contribution in [1.82, 2.24) is 0 Å². The van der Waals surface area contributed by atoms with E-state index in [-0.39, 0.29) is 6.61 Å². The van der Waals surface area contributed by atoms with Gasteiger partial charge in [-0.1, -0.05) is 63.7 Å². The van der Waals surface area contributed by atoms with Crippen molar-refractivity contribution in [3.05, 3.63) is 34.0 Å². The Morgan fingerprint density at radius 2 is 1.61 bits per heavy atom. The molecule has 174 valence electrons. The molecule has 0 saturated heterocycles. The van der Waals surface area contributed by atoms with Gasteiger partial charge in [0, 0.05) is 18.6 Å². The first-order valence-corrected chi connectivity index (χ1v) is 11.5. The standard InChI is InChI=1S/C19H31NO2S.C4H4O4/c1-2-3-4-5-6-7-8-9-10-11-12-17-13-16(15-23-17)19(22)18(20)14-21;5-3(6)1-2-4(7)8/h13,15,18-19,21-22H,2-10,14,20H2,1H3;1-2H,(H,5,6)(H,7,8)/b;2-1-. The molecule has 1 rings (SSSR count). The molecule has 0 bridgehead atoms. The van der Waals surface area contributed by atoms with Crippen molar-refractivity contribution in [3.63, 3.8) is 0 Å². The van der Waals surface area contributed by atoms with E-state index in [1.54, 1.807) is 0 Å². The first-order chi connectivity index (χ1) is 14.8. The van der Waals surface area contributed by atoms with Crippen molar-refractivity contribution in [1.29, 1.82) is 0 Å². The summed E-state index contributed by atoms with van der Waals surface area (Å²) in [6, 6.07) is 1.23. The maximum absolute atomic E-state index is 9.92. The maximum Gasteiger partial charge on any atom is 0.328 e. The second-order valence-electron chi connectivity index (χ2n) is 7.07. The van der Waals surface area contributed by atoms with Crippen molar-refractivity contribution < 1.29 is 30.0 Å². The first-order valence-electron chi connectivity index (χ1n) is 10.6. The lowest BCUT2D eigenvalue weighted by molar-refractivity contribution is -0.134. The number of carbonyl (C=O) groups is 2. The second kappa shape index (κ2) is 18.6. The van der Waals surface area contributed by atoms with Crippen LogP contribution in [0.25, 0.3) is 0 Å². The highest BCUT2D eigenvalue weighted by atomic mass is 32.1. The smallest absolute Gasteiger partial charge is 0.328 e. The summed E-state index contributed by atoms with van der Waals surface area (Å²) in [6.07, 6.45) is 11.8. The van der Waals surface area contributed by atoms with Gasteiger partial charge in [0.1, 0.15) is 0 Å². The molecule has 0 aliphatic rings. The fourth-order valence-corrected chi connectivity index (χ4v) is 3.36. The van der Waals surface area contributed by atoms with Crippen molar-refractivity contribution in [2.24, 2.45) is 5.73 Å². The molecule has 1 heterocycles. The van der Waals surface area contributed by atoms with E-state index in [1.807, 2.05) is 11.4 Å². The van der Waals surface area contributed by atoms with Gasteiger partial charge < -0.3 is 26.2 Å². The highest BCUT2D eigenvalue weighted by Gasteiger charge is 2.17. The monoisotopic (exact) mass is 453 g/mol. The van der Waals surface area contributed by atoms with E-state index in [2.05, 4.69) is 18.8 Å². The molecule has 2 atom stereocenters. The summed E-state index contributed by atoms with van der Waals surface area (Å²) < 4.78 is 0. The first kappa shape index (κ1) is 28.8. The van der Waals surface area contributed by atoms with Gasteiger partial charge in [0.05, 0.1) is 23.6 Å². The average molecular weight is 454 g/mol. The number of aliphatic hydroxyl groups excluding tert-OH is 2. The number of aliphatic carboxylic acids is 2. The Morgan fingerprint density at radius 3 is 2.13 bits per heavy atom. The highest BCUT2D eigenvalue weighted by Crippen LogP contribution is 2.22. The Bertz CT molecular complexity index is 703. The van der Waals surface area contributed by atoms with Gasteiger partial charge in [-0.3, -0.25) is 0 Å². The number of nitrogens with two attached hydrogens (primary N) is 1. The van der Waals surface area contributed by atoms with Gasteiger partial charge in [-0.05, 0) is 23.4 Å².